The molecule has 0 bridgehead atoms. The van der Waals surface area contributed by atoms with Crippen LogP contribution >= 0.6 is 0 Å². The Bertz CT molecular complexity index is 132. The molecule has 3 nitrogen and oxygen atoms in total. The van der Waals surface area contributed by atoms with E-state index in [1.807, 2.05) is 13.8 Å². The number of rotatable bonds is 4. The molecule has 1 aliphatic heterocycles. The summed E-state index contributed by atoms with van der Waals surface area (Å²) in [4.78, 5) is 0. The largest absolute Gasteiger partial charge is 0.388 e. The summed E-state index contributed by atoms with van der Waals surface area (Å²) in [6.45, 7) is 6.36. The van der Waals surface area contributed by atoms with Crippen molar-refractivity contribution < 1.29 is 9.84 Å². The second-order valence-electron chi connectivity index (χ2n) is 3.62. The summed E-state index contributed by atoms with van der Waals surface area (Å²) in [7, 11) is 0. The van der Waals surface area contributed by atoms with Crippen molar-refractivity contribution in [2.24, 2.45) is 0 Å². The van der Waals surface area contributed by atoms with Crippen molar-refractivity contribution >= 4 is 0 Å². The highest BCUT2D eigenvalue weighted by molar-refractivity contribution is 4.89. The molecule has 0 radical (unpaired) electrons. The van der Waals surface area contributed by atoms with Gasteiger partial charge in [-0.2, -0.15) is 0 Å². The van der Waals surface area contributed by atoms with E-state index in [4.69, 9.17) is 4.74 Å². The molecular formula is C9H19NO2. The van der Waals surface area contributed by atoms with Crippen molar-refractivity contribution in [3.05, 3.63) is 0 Å². The normalized spacial score (nSPS) is 32.2. The van der Waals surface area contributed by atoms with Gasteiger partial charge < -0.3 is 15.2 Å². The van der Waals surface area contributed by atoms with Crippen molar-refractivity contribution in [3.63, 3.8) is 0 Å². The zero-order valence-corrected chi connectivity index (χ0v) is 7.97. The number of aliphatic hydroxyl groups is 1. The Kier molecular flexibility index (Phi) is 3.50. The summed E-state index contributed by atoms with van der Waals surface area (Å²) in [5.74, 6) is 0. The Morgan fingerprint density at radius 1 is 1.67 bits per heavy atom. The Balaban J connectivity index is 2.28. The monoisotopic (exact) mass is 173 g/mol. The molecule has 2 N–H and O–H groups in total. The van der Waals surface area contributed by atoms with E-state index in [9.17, 15) is 5.11 Å². The van der Waals surface area contributed by atoms with Crippen LogP contribution in [0.2, 0.25) is 0 Å². The molecule has 0 aliphatic carbocycles. The summed E-state index contributed by atoms with van der Waals surface area (Å²) in [5.41, 5.74) is -0.519. The van der Waals surface area contributed by atoms with Crippen LogP contribution in [-0.2, 0) is 4.74 Å². The third kappa shape index (κ3) is 2.73. The van der Waals surface area contributed by atoms with E-state index < -0.39 is 5.60 Å². The van der Waals surface area contributed by atoms with Gasteiger partial charge in [0.05, 0.1) is 11.7 Å². The zero-order chi connectivity index (χ0) is 9.03. The van der Waals surface area contributed by atoms with Crippen LogP contribution < -0.4 is 5.32 Å². The maximum atomic E-state index is 9.95. The average molecular weight is 173 g/mol. The van der Waals surface area contributed by atoms with Crippen LogP contribution in [0.4, 0.5) is 0 Å². The Morgan fingerprint density at radius 2 is 2.42 bits per heavy atom. The average Bonchev–Trinajstić information content (AvgIpc) is 2.36. The van der Waals surface area contributed by atoms with E-state index in [1.54, 1.807) is 0 Å². The standard InChI is InChI=1S/C9H19NO2/c1-3-12-8(2)6-9(11)4-5-10-7-9/h8,10-11H,3-7H2,1-2H3. The molecule has 0 amide bonds. The van der Waals surface area contributed by atoms with Crippen LogP contribution in [0, 0.1) is 0 Å². The van der Waals surface area contributed by atoms with Gasteiger partial charge in [-0.15, -0.1) is 0 Å². The highest BCUT2D eigenvalue weighted by atomic mass is 16.5. The molecule has 0 saturated carbocycles. The molecule has 3 heteroatoms. The van der Waals surface area contributed by atoms with Gasteiger partial charge in [0.2, 0.25) is 0 Å². The smallest absolute Gasteiger partial charge is 0.0808 e. The maximum Gasteiger partial charge on any atom is 0.0808 e. The van der Waals surface area contributed by atoms with E-state index in [1.165, 1.54) is 0 Å². The van der Waals surface area contributed by atoms with Crippen molar-refractivity contribution in [3.8, 4) is 0 Å². The fourth-order valence-corrected chi connectivity index (χ4v) is 1.78. The van der Waals surface area contributed by atoms with Crippen molar-refractivity contribution in [1.82, 2.24) is 5.32 Å². The topological polar surface area (TPSA) is 41.5 Å². The van der Waals surface area contributed by atoms with Crippen LogP contribution in [-0.4, -0.2) is 36.5 Å². The highest BCUT2D eigenvalue weighted by Crippen LogP contribution is 2.21. The number of hydrogen-bond donors (Lipinski definition) is 2. The molecule has 0 aromatic rings. The minimum Gasteiger partial charge on any atom is -0.388 e. The molecule has 2 atom stereocenters. The maximum absolute atomic E-state index is 9.95. The van der Waals surface area contributed by atoms with Crippen LogP contribution in [0.15, 0.2) is 0 Å². The first-order valence-electron chi connectivity index (χ1n) is 4.71. The molecule has 1 rings (SSSR count). The SMILES string of the molecule is CCOC(C)CC1(O)CCNC1. The molecule has 72 valence electrons. The predicted octanol–water partition coefficient (Wildman–Crippen LogP) is 0.526. The first kappa shape index (κ1) is 9.96. The zero-order valence-electron chi connectivity index (χ0n) is 7.97. The fourth-order valence-electron chi connectivity index (χ4n) is 1.78. The molecule has 1 fully saturated rings. The molecule has 1 aliphatic rings. The summed E-state index contributed by atoms with van der Waals surface area (Å²) in [6.07, 6.45) is 1.76. The van der Waals surface area contributed by atoms with Crippen LogP contribution in [0.5, 0.6) is 0 Å². The Labute approximate surface area is 74.1 Å². The summed E-state index contributed by atoms with van der Waals surface area (Å²) in [5, 5.41) is 13.1. The van der Waals surface area contributed by atoms with Gasteiger partial charge in [-0.05, 0) is 26.8 Å². The van der Waals surface area contributed by atoms with E-state index in [0.717, 1.165) is 26.0 Å². The molecule has 0 spiro atoms. The number of nitrogens with one attached hydrogen (secondary N) is 1. The van der Waals surface area contributed by atoms with Gasteiger partial charge in [0.15, 0.2) is 0 Å². The lowest BCUT2D eigenvalue weighted by molar-refractivity contribution is -0.0179. The van der Waals surface area contributed by atoms with E-state index in [-0.39, 0.29) is 6.10 Å². The number of ether oxygens (including phenoxy) is 1. The van der Waals surface area contributed by atoms with E-state index in [2.05, 4.69) is 5.32 Å². The summed E-state index contributed by atoms with van der Waals surface area (Å²) >= 11 is 0. The second-order valence-corrected chi connectivity index (χ2v) is 3.62. The summed E-state index contributed by atoms with van der Waals surface area (Å²) < 4.78 is 5.38. The van der Waals surface area contributed by atoms with Crippen molar-refractivity contribution in [1.29, 1.82) is 0 Å². The molecule has 0 aromatic heterocycles. The molecular weight excluding hydrogens is 154 g/mol. The van der Waals surface area contributed by atoms with Gasteiger partial charge in [0.25, 0.3) is 0 Å². The number of β-amino-alcohol motifs (C(OH)–C–C–N with tert-alkyl or cyclic N) is 1. The minimum atomic E-state index is -0.519. The third-order valence-electron chi connectivity index (χ3n) is 2.34. The molecule has 1 saturated heterocycles. The fraction of sp³-hybridized carbons (Fsp3) is 1.00. The predicted molar refractivity (Wildman–Crippen MR) is 48.1 cm³/mol. The van der Waals surface area contributed by atoms with Gasteiger partial charge in [0, 0.05) is 19.6 Å². The van der Waals surface area contributed by atoms with Gasteiger partial charge in [0.1, 0.15) is 0 Å². The molecule has 1 heterocycles. The van der Waals surface area contributed by atoms with Crippen LogP contribution in [0.25, 0.3) is 0 Å². The van der Waals surface area contributed by atoms with Crippen LogP contribution in [0.3, 0.4) is 0 Å². The Hall–Kier alpha value is -0.120. The quantitative estimate of drug-likeness (QED) is 0.651. The third-order valence-corrected chi connectivity index (χ3v) is 2.34. The number of hydrogen-bond acceptors (Lipinski definition) is 3. The molecule has 2 unspecified atom stereocenters. The van der Waals surface area contributed by atoms with E-state index in [0.29, 0.717) is 6.54 Å². The van der Waals surface area contributed by atoms with Gasteiger partial charge >= 0.3 is 0 Å². The summed E-state index contributed by atoms with van der Waals surface area (Å²) in [6, 6.07) is 0. The van der Waals surface area contributed by atoms with Gasteiger partial charge in [-0.25, -0.2) is 0 Å². The lowest BCUT2D eigenvalue weighted by Crippen LogP contribution is -2.35. The first-order valence-corrected chi connectivity index (χ1v) is 4.71. The van der Waals surface area contributed by atoms with Crippen LogP contribution in [0.1, 0.15) is 26.7 Å². The lowest BCUT2D eigenvalue weighted by Gasteiger charge is -2.24. The molecule has 12 heavy (non-hydrogen) atoms. The first-order chi connectivity index (χ1) is 5.66. The van der Waals surface area contributed by atoms with E-state index >= 15 is 0 Å². The lowest BCUT2D eigenvalue weighted by atomic mass is 9.96. The minimum absolute atomic E-state index is 0.167. The van der Waals surface area contributed by atoms with Gasteiger partial charge in [-0.1, -0.05) is 0 Å². The Morgan fingerprint density at radius 3 is 2.92 bits per heavy atom. The molecule has 0 aromatic carbocycles. The van der Waals surface area contributed by atoms with Crippen molar-refractivity contribution in [2.75, 3.05) is 19.7 Å². The second kappa shape index (κ2) is 4.21. The highest BCUT2D eigenvalue weighted by Gasteiger charge is 2.32. The van der Waals surface area contributed by atoms with Gasteiger partial charge in [-0.3, -0.25) is 0 Å². The van der Waals surface area contributed by atoms with Crippen molar-refractivity contribution in [2.45, 2.75) is 38.4 Å².